The number of thiophene rings is 1. The second-order valence-corrected chi connectivity index (χ2v) is 9.92. The number of rotatable bonds is 7. The first-order valence-corrected chi connectivity index (χ1v) is 12.0. The van der Waals surface area contributed by atoms with Crippen molar-refractivity contribution in [3.63, 3.8) is 0 Å². The van der Waals surface area contributed by atoms with Gasteiger partial charge in [0, 0.05) is 18.3 Å². The van der Waals surface area contributed by atoms with Crippen molar-refractivity contribution in [1.29, 1.82) is 0 Å². The van der Waals surface area contributed by atoms with Crippen LogP contribution in [0.25, 0.3) is 0 Å². The summed E-state index contributed by atoms with van der Waals surface area (Å²) in [6, 6.07) is 10.1. The molecule has 162 valence electrons. The molecule has 0 radical (unpaired) electrons. The molecule has 0 spiro atoms. The van der Waals surface area contributed by atoms with E-state index in [1.807, 2.05) is 41.9 Å². The molecule has 9 heteroatoms. The van der Waals surface area contributed by atoms with E-state index in [9.17, 15) is 9.59 Å². The van der Waals surface area contributed by atoms with Gasteiger partial charge in [0.05, 0.1) is 11.3 Å². The van der Waals surface area contributed by atoms with E-state index in [0.717, 1.165) is 41.1 Å². The molecule has 1 aromatic carbocycles. The molecular formula is C22H25N5O2S2. The highest BCUT2D eigenvalue weighted by Gasteiger charge is 2.27. The Hall–Kier alpha value is -2.65. The molecule has 0 saturated carbocycles. The van der Waals surface area contributed by atoms with Crippen molar-refractivity contribution in [2.45, 2.75) is 37.8 Å². The van der Waals surface area contributed by atoms with E-state index in [1.165, 1.54) is 23.1 Å². The highest BCUT2D eigenvalue weighted by atomic mass is 32.2. The zero-order valence-corrected chi connectivity index (χ0v) is 19.2. The average Bonchev–Trinajstić information content (AvgIpc) is 3.26. The molecule has 1 atom stereocenters. The smallest absolute Gasteiger partial charge is 0.251 e. The number of aromatic nitrogens is 3. The minimum atomic E-state index is -0.478. The predicted molar refractivity (Wildman–Crippen MR) is 124 cm³/mol. The fourth-order valence-corrected chi connectivity index (χ4v) is 5.96. The van der Waals surface area contributed by atoms with Gasteiger partial charge in [-0.2, -0.15) is 0 Å². The minimum Gasteiger partial charge on any atom is -0.365 e. The third-order valence-corrected chi connectivity index (χ3v) is 7.66. The summed E-state index contributed by atoms with van der Waals surface area (Å²) in [5, 5.41) is 12.6. The van der Waals surface area contributed by atoms with Crippen LogP contribution in [-0.4, -0.2) is 32.3 Å². The Kier molecular flexibility index (Phi) is 6.43. The van der Waals surface area contributed by atoms with Gasteiger partial charge in [0.25, 0.3) is 5.91 Å². The van der Waals surface area contributed by atoms with Crippen LogP contribution in [0.2, 0.25) is 0 Å². The van der Waals surface area contributed by atoms with Crippen molar-refractivity contribution >= 4 is 39.9 Å². The largest absolute Gasteiger partial charge is 0.365 e. The quantitative estimate of drug-likeness (QED) is 0.532. The Morgan fingerprint density at radius 3 is 2.81 bits per heavy atom. The third-order valence-electron chi connectivity index (χ3n) is 5.47. The number of amides is 2. The minimum absolute atomic E-state index is 0.175. The van der Waals surface area contributed by atoms with E-state index < -0.39 is 5.91 Å². The topological polar surface area (TPSA) is 103 Å². The molecule has 1 aliphatic rings. The Morgan fingerprint density at radius 2 is 2.06 bits per heavy atom. The Morgan fingerprint density at radius 1 is 1.29 bits per heavy atom. The van der Waals surface area contributed by atoms with Crippen LogP contribution >= 0.6 is 23.1 Å². The number of hydrogen-bond acceptors (Lipinski definition) is 6. The maximum absolute atomic E-state index is 12.6. The van der Waals surface area contributed by atoms with E-state index in [1.54, 1.807) is 0 Å². The summed E-state index contributed by atoms with van der Waals surface area (Å²) in [6.45, 7) is 2.20. The number of carbonyl (C=O) groups excluding carboxylic acids is 2. The number of thioether (sulfide) groups is 1. The lowest BCUT2D eigenvalue weighted by Crippen LogP contribution is -2.20. The molecule has 0 aliphatic heterocycles. The number of anilines is 1. The molecule has 2 heterocycles. The molecular weight excluding hydrogens is 430 g/mol. The fraction of sp³-hybridized carbons (Fsp3) is 0.364. The van der Waals surface area contributed by atoms with Gasteiger partial charge in [-0.3, -0.25) is 9.59 Å². The summed E-state index contributed by atoms with van der Waals surface area (Å²) < 4.78 is 1.91. The maximum atomic E-state index is 12.6. The molecule has 1 aliphatic carbocycles. The molecule has 3 aromatic rings. The van der Waals surface area contributed by atoms with E-state index in [4.69, 9.17) is 5.73 Å². The molecule has 0 saturated heterocycles. The van der Waals surface area contributed by atoms with Crippen molar-refractivity contribution in [1.82, 2.24) is 14.8 Å². The lowest BCUT2D eigenvalue weighted by Gasteiger charge is -2.18. The molecule has 4 rings (SSSR count). The normalized spacial score (nSPS) is 15.5. The highest BCUT2D eigenvalue weighted by molar-refractivity contribution is 7.99. The van der Waals surface area contributed by atoms with E-state index in [0.29, 0.717) is 28.1 Å². The number of nitrogens with two attached hydrogens (primary N) is 1. The second-order valence-electron chi connectivity index (χ2n) is 7.88. The number of nitrogens with zero attached hydrogens (tertiary/aromatic N) is 3. The molecule has 2 aromatic heterocycles. The summed E-state index contributed by atoms with van der Waals surface area (Å²) in [6.07, 6.45) is 3.47. The monoisotopic (exact) mass is 455 g/mol. The zero-order valence-electron chi connectivity index (χ0n) is 17.6. The highest BCUT2D eigenvalue weighted by Crippen LogP contribution is 2.39. The molecule has 0 bridgehead atoms. The van der Waals surface area contributed by atoms with Crippen molar-refractivity contribution < 1.29 is 9.59 Å². The van der Waals surface area contributed by atoms with Crippen LogP contribution in [0.5, 0.6) is 0 Å². The number of benzene rings is 1. The number of primary amides is 1. The third kappa shape index (κ3) is 4.83. The maximum Gasteiger partial charge on any atom is 0.251 e. The standard InChI is InChI=1S/C22H25N5O2S2/c1-13-8-9-15-16(10-13)31-21(19(15)20(23)29)24-18(28)12-30-22-26-25-17(27(22)2)11-14-6-4-3-5-7-14/h3-7,13H,8-12H2,1-2H3,(H2,23,29)(H,24,28). The van der Waals surface area contributed by atoms with Gasteiger partial charge in [0.1, 0.15) is 10.8 Å². The summed E-state index contributed by atoms with van der Waals surface area (Å²) in [7, 11) is 1.90. The zero-order chi connectivity index (χ0) is 22.0. The number of fused-ring (bicyclic) bond motifs is 1. The first-order chi connectivity index (χ1) is 14.9. The summed E-state index contributed by atoms with van der Waals surface area (Å²) in [5.74, 6) is 0.923. The Balaban J connectivity index is 1.41. The number of hydrogen-bond donors (Lipinski definition) is 2. The van der Waals surface area contributed by atoms with Gasteiger partial charge in [-0.05, 0) is 36.3 Å². The van der Waals surface area contributed by atoms with E-state index in [-0.39, 0.29) is 11.7 Å². The van der Waals surface area contributed by atoms with Gasteiger partial charge >= 0.3 is 0 Å². The summed E-state index contributed by atoms with van der Waals surface area (Å²) in [4.78, 5) is 25.8. The average molecular weight is 456 g/mol. The molecule has 7 nitrogen and oxygen atoms in total. The van der Waals surface area contributed by atoms with E-state index >= 15 is 0 Å². The first kappa shape index (κ1) is 21.6. The van der Waals surface area contributed by atoms with Gasteiger partial charge in [-0.25, -0.2) is 0 Å². The molecule has 31 heavy (non-hydrogen) atoms. The summed E-state index contributed by atoms with van der Waals surface area (Å²) in [5.41, 5.74) is 8.28. The van der Waals surface area contributed by atoms with Crippen LogP contribution in [-0.2, 0) is 31.1 Å². The van der Waals surface area contributed by atoms with Gasteiger partial charge in [0.15, 0.2) is 5.16 Å². The van der Waals surface area contributed by atoms with Crippen LogP contribution in [0.15, 0.2) is 35.5 Å². The SMILES string of the molecule is CC1CCc2c(sc(NC(=O)CSc3nnc(Cc4ccccc4)n3C)c2C(N)=O)C1. The lowest BCUT2D eigenvalue weighted by atomic mass is 9.88. The van der Waals surface area contributed by atoms with Gasteiger partial charge in [-0.1, -0.05) is 49.0 Å². The van der Waals surface area contributed by atoms with Crippen LogP contribution in [0.1, 0.15) is 45.5 Å². The van der Waals surface area contributed by atoms with E-state index in [2.05, 4.69) is 22.4 Å². The number of nitrogens with one attached hydrogen (secondary N) is 1. The number of carbonyl (C=O) groups is 2. The molecule has 3 N–H and O–H groups in total. The van der Waals surface area contributed by atoms with Crippen molar-refractivity contribution in [2.75, 3.05) is 11.1 Å². The fourth-order valence-electron chi connectivity index (χ4n) is 3.80. The second kappa shape index (κ2) is 9.23. The van der Waals surface area contributed by atoms with Crippen LogP contribution < -0.4 is 11.1 Å². The molecule has 1 unspecified atom stereocenters. The van der Waals surface area contributed by atoms with Crippen molar-refractivity contribution in [3.8, 4) is 0 Å². The van der Waals surface area contributed by atoms with Gasteiger partial charge in [-0.15, -0.1) is 21.5 Å². The lowest BCUT2D eigenvalue weighted by molar-refractivity contribution is -0.113. The first-order valence-electron chi connectivity index (χ1n) is 10.2. The molecule has 0 fully saturated rings. The Bertz CT molecular complexity index is 1110. The van der Waals surface area contributed by atoms with Crippen molar-refractivity contribution in [2.24, 2.45) is 18.7 Å². The summed E-state index contributed by atoms with van der Waals surface area (Å²) >= 11 is 2.80. The molecule has 2 amide bonds. The Labute approximate surface area is 189 Å². The van der Waals surface area contributed by atoms with Gasteiger partial charge < -0.3 is 15.6 Å². The van der Waals surface area contributed by atoms with Crippen molar-refractivity contribution in [3.05, 3.63) is 57.7 Å². The van der Waals surface area contributed by atoms with Crippen LogP contribution in [0.3, 0.4) is 0 Å². The predicted octanol–water partition coefficient (Wildman–Crippen LogP) is 3.42. The van der Waals surface area contributed by atoms with Crippen LogP contribution in [0, 0.1) is 5.92 Å². The van der Waals surface area contributed by atoms with Crippen LogP contribution in [0.4, 0.5) is 5.00 Å². The van der Waals surface area contributed by atoms with Gasteiger partial charge in [0.2, 0.25) is 5.91 Å².